The van der Waals surface area contributed by atoms with Crippen molar-refractivity contribution in [3.8, 4) is 0 Å². The second kappa shape index (κ2) is 1.63. The van der Waals surface area contributed by atoms with Crippen molar-refractivity contribution in [1.29, 1.82) is 0 Å². The van der Waals surface area contributed by atoms with Crippen molar-refractivity contribution < 1.29 is 4.79 Å². The maximum atomic E-state index is 10.6. The Balaban J connectivity index is 3.08. The maximum Gasteiger partial charge on any atom is 0.133 e. The fourth-order valence-electron chi connectivity index (χ4n) is 1.18. The molecule has 1 saturated heterocycles. The summed E-state index contributed by atoms with van der Waals surface area (Å²) < 4.78 is 2.04. The normalized spacial score (nSPS) is 42.9. The van der Waals surface area contributed by atoms with Gasteiger partial charge in [-0.15, -0.1) is 0 Å². The third-order valence-corrected chi connectivity index (χ3v) is 11.2. The van der Waals surface area contributed by atoms with Crippen molar-refractivity contribution in [2.75, 3.05) is 32.4 Å². The fourth-order valence-corrected chi connectivity index (χ4v) is 5.49. The van der Waals surface area contributed by atoms with Crippen molar-refractivity contribution in [1.82, 2.24) is 4.31 Å². The summed E-state index contributed by atoms with van der Waals surface area (Å²) in [5, 5.41) is 0.0617. The standard InChI is InChI=1S/C7H16ClNOS/c1-9(2)11(3,4,8)6-7(11)5-10/h5,7H,6H2,1-4H3. The van der Waals surface area contributed by atoms with Crippen LogP contribution in [0.15, 0.2) is 0 Å². The summed E-state index contributed by atoms with van der Waals surface area (Å²) in [5.41, 5.74) is 0. The Kier molecular flexibility index (Phi) is 1.39. The number of halogens is 1. The van der Waals surface area contributed by atoms with E-state index in [2.05, 4.69) is 0 Å². The Labute approximate surface area is 71.8 Å². The topological polar surface area (TPSA) is 20.3 Å². The van der Waals surface area contributed by atoms with Gasteiger partial charge in [0.05, 0.1) is 5.25 Å². The molecule has 1 atom stereocenters. The first kappa shape index (κ1) is 9.36. The van der Waals surface area contributed by atoms with E-state index in [0.29, 0.717) is 0 Å². The molecule has 1 unspecified atom stereocenters. The molecule has 4 heteroatoms. The molecule has 0 radical (unpaired) electrons. The highest BCUT2D eigenvalue weighted by Crippen LogP contribution is 3.03. The fraction of sp³-hybridized carbons (Fsp3) is 0.857. The molecule has 2 nitrogen and oxygen atoms in total. The third kappa shape index (κ3) is 0.945. The summed E-state index contributed by atoms with van der Waals surface area (Å²) in [7, 11) is 7.91. The van der Waals surface area contributed by atoms with Gasteiger partial charge < -0.3 is 4.79 Å². The van der Waals surface area contributed by atoms with Crippen molar-refractivity contribution in [3.63, 3.8) is 0 Å². The van der Waals surface area contributed by atoms with Gasteiger partial charge >= 0.3 is 0 Å². The Bertz CT molecular complexity index is 228. The zero-order valence-electron chi connectivity index (χ0n) is 7.50. The Morgan fingerprint density at radius 2 is 2.00 bits per heavy atom. The second-order valence-corrected chi connectivity index (χ2v) is 15.2. The van der Waals surface area contributed by atoms with Crippen molar-refractivity contribution in [3.05, 3.63) is 0 Å². The van der Waals surface area contributed by atoms with Crippen molar-refractivity contribution in [2.45, 2.75) is 5.25 Å². The molecule has 68 valence electrons. The molecule has 0 bridgehead atoms. The van der Waals surface area contributed by atoms with Crippen LogP contribution < -0.4 is 0 Å². The Morgan fingerprint density at radius 3 is 2.09 bits per heavy atom. The first-order valence-electron chi connectivity index (χ1n) is 3.55. The molecule has 0 N–H and O–H groups in total. The summed E-state index contributed by atoms with van der Waals surface area (Å²) in [6.45, 7) is 0. The van der Waals surface area contributed by atoms with Crippen LogP contribution in [0.3, 0.4) is 0 Å². The zero-order valence-corrected chi connectivity index (χ0v) is 9.08. The minimum absolute atomic E-state index is 0.0617. The van der Waals surface area contributed by atoms with E-state index in [1.54, 1.807) is 0 Å². The lowest BCUT2D eigenvalue weighted by Gasteiger charge is -2.59. The molecule has 0 aromatic heterocycles. The van der Waals surface area contributed by atoms with Gasteiger partial charge in [0.2, 0.25) is 0 Å². The van der Waals surface area contributed by atoms with Crippen LogP contribution in [0.1, 0.15) is 0 Å². The van der Waals surface area contributed by atoms with Gasteiger partial charge in [-0.25, -0.2) is 0 Å². The summed E-state index contributed by atoms with van der Waals surface area (Å²) in [6, 6.07) is 0. The Hall–Kier alpha value is 0.270. The van der Waals surface area contributed by atoms with Crippen LogP contribution >= 0.6 is 18.4 Å². The molecule has 0 aliphatic carbocycles. The van der Waals surface area contributed by atoms with E-state index in [-0.39, 0.29) is 5.25 Å². The van der Waals surface area contributed by atoms with E-state index in [4.69, 9.17) is 10.7 Å². The van der Waals surface area contributed by atoms with E-state index >= 15 is 0 Å². The lowest BCUT2D eigenvalue weighted by molar-refractivity contribution is -0.106. The van der Waals surface area contributed by atoms with Gasteiger partial charge in [-0.1, -0.05) is 10.7 Å². The molecule has 0 spiro atoms. The SMILES string of the molecule is CN(C)S1(C)(C)(Cl)CC1C=O. The lowest BCUT2D eigenvalue weighted by atomic mass is 10.6. The summed E-state index contributed by atoms with van der Waals surface area (Å²) in [6.07, 6.45) is 5.08. The molecule has 0 aromatic carbocycles. The van der Waals surface area contributed by atoms with Crippen LogP contribution in [0.2, 0.25) is 0 Å². The van der Waals surface area contributed by atoms with Crippen LogP contribution in [-0.4, -0.2) is 48.2 Å². The maximum absolute atomic E-state index is 10.6. The van der Waals surface area contributed by atoms with E-state index in [0.717, 1.165) is 12.0 Å². The Morgan fingerprint density at radius 1 is 1.55 bits per heavy atom. The molecule has 1 aliphatic heterocycles. The van der Waals surface area contributed by atoms with E-state index in [1.807, 2.05) is 30.9 Å². The summed E-state index contributed by atoms with van der Waals surface area (Å²) in [5.74, 6) is 0.845. The highest BCUT2D eigenvalue weighted by Gasteiger charge is 2.73. The van der Waals surface area contributed by atoms with Crippen LogP contribution in [0.4, 0.5) is 0 Å². The van der Waals surface area contributed by atoms with Gasteiger partial charge in [-0.05, 0) is 26.6 Å². The second-order valence-electron chi connectivity index (χ2n) is 4.45. The first-order valence-corrected chi connectivity index (χ1v) is 7.83. The number of aldehydes is 1. The van der Waals surface area contributed by atoms with Crippen LogP contribution in [0.5, 0.6) is 0 Å². The average molecular weight is 198 g/mol. The predicted molar refractivity (Wildman–Crippen MR) is 53.7 cm³/mol. The first-order chi connectivity index (χ1) is 4.66. The molecule has 1 aliphatic rings. The molecule has 0 amide bonds. The summed E-state index contributed by atoms with van der Waals surface area (Å²) >= 11 is 0. The smallest absolute Gasteiger partial charge is 0.133 e. The number of rotatable bonds is 2. The van der Waals surface area contributed by atoms with Crippen LogP contribution in [0.25, 0.3) is 0 Å². The number of hydrogen-bond donors (Lipinski definition) is 0. The number of hydrogen-bond acceptors (Lipinski definition) is 2. The predicted octanol–water partition coefficient (Wildman–Crippen LogP) is 1.33. The van der Waals surface area contributed by atoms with Gasteiger partial charge in [0.1, 0.15) is 6.29 Å². The molecular formula is C7H16ClNOS. The average Bonchev–Trinajstić information content (AvgIpc) is 2.32. The monoisotopic (exact) mass is 197 g/mol. The van der Waals surface area contributed by atoms with Crippen molar-refractivity contribution in [2.24, 2.45) is 0 Å². The molecule has 0 saturated carbocycles. The van der Waals surface area contributed by atoms with E-state index < -0.39 is 7.69 Å². The molecule has 1 heterocycles. The van der Waals surface area contributed by atoms with E-state index in [9.17, 15) is 4.79 Å². The number of nitrogens with zero attached hydrogens (tertiary/aromatic N) is 1. The third-order valence-electron chi connectivity index (χ3n) is 3.17. The van der Waals surface area contributed by atoms with E-state index in [1.165, 1.54) is 0 Å². The largest absolute Gasteiger partial charge is 0.302 e. The molecular weight excluding hydrogens is 182 g/mol. The summed E-state index contributed by atoms with van der Waals surface area (Å²) in [4.78, 5) is 10.6. The lowest BCUT2D eigenvalue weighted by Crippen LogP contribution is -2.31. The highest BCUT2D eigenvalue weighted by molar-refractivity contribution is 8.82. The number of carbonyl (C=O) groups is 1. The molecule has 0 aromatic rings. The molecule has 11 heavy (non-hydrogen) atoms. The molecule has 1 fully saturated rings. The molecule has 1 rings (SSSR count). The van der Waals surface area contributed by atoms with Gasteiger partial charge in [0.25, 0.3) is 0 Å². The number of carbonyl (C=O) groups excluding carboxylic acids is 1. The van der Waals surface area contributed by atoms with Crippen LogP contribution in [0, 0.1) is 0 Å². The zero-order chi connectivity index (χ0) is 8.98. The highest BCUT2D eigenvalue weighted by atomic mass is 35.7. The van der Waals surface area contributed by atoms with Crippen LogP contribution in [-0.2, 0) is 4.79 Å². The van der Waals surface area contributed by atoms with Crippen molar-refractivity contribution >= 4 is 24.7 Å². The van der Waals surface area contributed by atoms with Gasteiger partial charge in [-0.3, -0.25) is 4.31 Å². The van der Waals surface area contributed by atoms with Gasteiger partial charge in [0, 0.05) is 5.75 Å². The van der Waals surface area contributed by atoms with Gasteiger partial charge in [0.15, 0.2) is 0 Å². The minimum Gasteiger partial charge on any atom is -0.302 e. The minimum atomic E-state index is -2.57. The van der Waals surface area contributed by atoms with Gasteiger partial charge in [-0.2, -0.15) is 7.69 Å². The quantitative estimate of drug-likeness (QED) is 0.492.